The molecule has 1 fully saturated rings. The van der Waals surface area contributed by atoms with E-state index < -0.39 is 5.97 Å². The lowest BCUT2D eigenvalue weighted by Gasteiger charge is -2.32. The molecule has 2 amide bonds. The lowest BCUT2D eigenvalue weighted by Crippen LogP contribution is -2.45. The van der Waals surface area contributed by atoms with Gasteiger partial charge in [0.25, 0.3) is 5.91 Å². The highest BCUT2D eigenvalue weighted by Crippen LogP contribution is 2.24. The van der Waals surface area contributed by atoms with Crippen LogP contribution in [-0.2, 0) is 16.1 Å². The predicted octanol–water partition coefficient (Wildman–Crippen LogP) is 3.37. The number of aromatic amines is 1. The van der Waals surface area contributed by atoms with E-state index in [1.54, 1.807) is 39.7 Å². The van der Waals surface area contributed by atoms with Crippen LogP contribution in [0.2, 0.25) is 0 Å². The lowest BCUT2D eigenvalue weighted by molar-refractivity contribution is -0.126. The van der Waals surface area contributed by atoms with Crippen LogP contribution in [0, 0.1) is 19.8 Å². The van der Waals surface area contributed by atoms with Crippen LogP contribution in [0.1, 0.15) is 64.4 Å². The highest BCUT2D eigenvalue weighted by Gasteiger charge is 2.32. The van der Waals surface area contributed by atoms with Crippen molar-refractivity contribution in [3.63, 3.8) is 0 Å². The first-order chi connectivity index (χ1) is 15.7. The quantitative estimate of drug-likeness (QED) is 0.624. The van der Waals surface area contributed by atoms with Crippen LogP contribution >= 0.6 is 0 Å². The second-order valence-electron chi connectivity index (χ2n) is 8.74. The van der Waals surface area contributed by atoms with E-state index in [1.807, 2.05) is 24.3 Å². The molecule has 1 aliphatic heterocycles. The Morgan fingerprint density at radius 1 is 1.24 bits per heavy atom. The maximum Gasteiger partial charge on any atom is 0.340 e. The van der Waals surface area contributed by atoms with Gasteiger partial charge in [-0.15, -0.1) is 0 Å². The van der Waals surface area contributed by atoms with Gasteiger partial charge in [-0.05, 0) is 63.8 Å². The van der Waals surface area contributed by atoms with E-state index in [2.05, 4.69) is 10.3 Å². The molecule has 2 aromatic rings. The number of nitrogens with zero attached hydrogens (tertiary/aromatic N) is 1. The minimum Gasteiger partial charge on any atom is -0.497 e. The molecule has 1 saturated heterocycles. The third-order valence-electron chi connectivity index (χ3n) is 5.88. The number of esters is 1. The fourth-order valence-electron chi connectivity index (χ4n) is 4.19. The fraction of sp³-hybridized carbons (Fsp3) is 0.480. The third kappa shape index (κ3) is 5.74. The second kappa shape index (κ2) is 10.6. The number of aromatic nitrogens is 1. The molecule has 2 heterocycles. The molecule has 8 nitrogen and oxygen atoms in total. The maximum atomic E-state index is 13.2. The van der Waals surface area contributed by atoms with Crippen molar-refractivity contribution in [1.82, 2.24) is 15.2 Å². The molecule has 0 saturated carbocycles. The molecule has 33 heavy (non-hydrogen) atoms. The average molecular weight is 456 g/mol. The van der Waals surface area contributed by atoms with Crippen molar-refractivity contribution in [2.45, 2.75) is 53.2 Å². The van der Waals surface area contributed by atoms with E-state index in [4.69, 9.17) is 9.47 Å². The van der Waals surface area contributed by atoms with E-state index in [9.17, 15) is 14.4 Å². The van der Waals surface area contributed by atoms with Crippen molar-refractivity contribution in [3.05, 3.63) is 52.3 Å². The molecule has 0 radical (unpaired) electrons. The van der Waals surface area contributed by atoms with Crippen LogP contribution < -0.4 is 10.1 Å². The van der Waals surface area contributed by atoms with E-state index in [-0.39, 0.29) is 23.8 Å². The highest BCUT2D eigenvalue weighted by molar-refractivity contribution is 6.00. The monoisotopic (exact) mass is 455 g/mol. The summed E-state index contributed by atoms with van der Waals surface area (Å²) < 4.78 is 10.5. The zero-order valence-corrected chi connectivity index (χ0v) is 20.0. The molecule has 2 N–H and O–H groups in total. The molecule has 1 aromatic carbocycles. The highest BCUT2D eigenvalue weighted by atomic mass is 16.5. The molecule has 0 bridgehead atoms. The molecule has 0 aliphatic carbocycles. The summed E-state index contributed by atoms with van der Waals surface area (Å²) in [6.45, 7) is 8.38. The van der Waals surface area contributed by atoms with Gasteiger partial charge < -0.3 is 24.7 Å². The van der Waals surface area contributed by atoms with Gasteiger partial charge in [0, 0.05) is 25.3 Å². The topological polar surface area (TPSA) is 101 Å². The molecule has 1 aliphatic rings. The van der Waals surface area contributed by atoms with Crippen LogP contribution in [-0.4, -0.2) is 54.0 Å². The van der Waals surface area contributed by atoms with Gasteiger partial charge in [0.2, 0.25) is 5.91 Å². The van der Waals surface area contributed by atoms with Gasteiger partial charge in [-0.3, -0.25) is 9.59 Å². The van der Waals surface area contributed by atoms with Crippen LogP contribution in [0.25, 0.3) is 0 Å². The van der Waals surface area contributed by atoms with E-state index in [0.717, 1.165) is 24.2 Å². The number of rotatable bonds is 7. The van der Waals surface area contributed by atoms with Gasteiger partial charge in [0.15, 0.2) is 0 Å². The Hall–Kier alpha value is -3.29. The minimum absolute atomic E-state index is 0.0732. The summed E-state index contributed by atoms with van der Waals surface area (Å²) in [4.78, 5) is 43.2. The van der Waals surface area contributed by atoms with E-state index in [1.165, 1.54) is 0 Å². The fourth-order valence-corrected chi connectivity index (χ4v) is 4.19. The zero-order chi connectivity index (χ0) is 24.1. The Bertz CT molecular complexity index is 1030. The van der Waals surface area contributed by atoms with E-state index in [0.29, 0.717) is 42.1 Å². The largest absolute Gasteiger partial charge is 0.497 e. The van der Waals surface area contributed by atoms with E-state index >= 15 is 0 Å². The Morgan fingerprint density at radius 2 is 2.00 bits per heavy atom. The smallest absolute Gasteiger partial charge is 0.340 e. The van der Waals surface area contributed by atoms with Crippen LogP contribution in [0.5, 0.6) is 5.75 Å². The summed E-state index contributed by atoms with van der Waals surface area (Å²) in [5, 5.41) is 2.98. The number of nitrogens with one attached hydrogen (secondary N) is 2. The molecule has 8 heteroatoms. The summed E-state index contributed by atoms with van der Waals surface area (Å²) in [5.41, 5.74) is 2.90. The number of carbonyl (C=O) groups excluding carboxylic acids is 3. The van der Waals surface area contributed by atoms with Crippen molar-refractivity contribution in [2.24, 2.45) is 5.92 Å². The summed E-state index contributed by atoms with van der Waals surface area (Å²) in [6, 6.07) is 7.55. The van der Waals surface area contributed by atoms with Crippen molar-refractivity contribution in [1.29, 1.82) is 0 Å². The maximum absolute atomic E-state index is 13.2. The molecule has 0 spiro atoms. The minimum atomic E-state index is -0.441. The van der Waals surface area contributed by atoms with Crippen molar-refractivity contribution < 1.29 is 23.9 Å². The SMILES string of the molecule is COc1cccc(CNC(=O)C2CCCN(C(=O)c3[nH]c(C)c(C(=O)OC(C)C)c3C)C2)c1. The number of H-pyrrole nitrogens is 1. The van der Waals surface area contributed by atoms with Crippen LogP contribution in [0.3, 0.4) is 0 Å². The third-order valence-corrected chi connectivity index (χ3v) is 5.88. The number of carbonyl (C=O) groups is 3. The Kier molecular flexibility index (Phi) is 7.79. The second-order valence-corrected chi connectivity index (χ2v) is 8.74. The number of ether oxygens (including phenoxy) is 2. The number of hydrogen-bond acceptors (Lipinski definition) is 5. The van der Waals surface area contributed by atoms with Crippen LogP contribution in [0.4, 0.5) is 0 Å². The van der Waals surface area contributed by atoms with Gasteiger partial charge in [-0.2, -0.15) is 0 Å². The lowest BCUT2D eigenvalue weighted by atomic mass is 9.96. The van der Waals surface area contributed by atoms with Gasteiger partial charge >= 0.3 is 5.97 Å². The Morgan fingerprint density at radius 3 is 2.70 bits per heavy atom. The summed E-state index contributed by atoms with van der Waals surface area (Å²) in [7, 11) is 1.61. The van der Waals surface area contributed by atoms with Gasteiger partial charge in [0.1, 0.15) is 11.4 Å². The number of likely N-dealkylation sites (tertiary alicyclic amines) is 1. The molecule has 1 aromatic heterocycles. The van der Waals surface area contributed by atoms with Crippen molar-refractivity contribution in [3.8, 4) is 5.75 Å². The number of methoxy groups -OCH3 is 1. The molecule has 3 rings (SSSR count). The predicted molar refractivity (Wildman–Crippen MR) is 124 cm³/mol. The summed E-state index contributed by atoms with van der Waals surface area (Å²) in [6.07, 6.45) is 1.22. The zero-order valence-electron chi connectivity index (χ0n) is 20.0. The molecular formula is C25H33N3O5. The normalized spacial score (nSPS) is 15.9. The average Bonchev–Trinajstić information content (AvgIpc) is 3.10. The summed E-state index contributed by atoms with van der Waals surface area (Å²) in [5.74, 6) is -0.261. The van der Waals surface area contributed by atoms with Crippen molar-refractivity contribution >= 4 is 17.8 Å². The van der Waals surface area contributed by atoms with Crippen LogP contribution in [0.15, 0.2) is 24.3 Å². The molecular weight excluding hydrogens is 422 g/mol. The first-order valence-corrected chi connectivity index (χ1v) is 11.3. The summed E-state index contributed by atoms with van der Waals surface area (Å²) >= 11 is 0. The first kappa shape index (κ1) is 24.4. The Labute approximate surface area is 194 Å². The number of aryl methyl sites for hydroxylation is 1. The Balaban J connectivity index is 1.65. The van der Waals surface area contributed by atoms with Crippen molar-refractivity contribution in [2.75, 3.05) is 20.2 Å². The molecule has 1 unspecified atom stereocenters. The number of piperidine rings is 1. The molecule has 1 atom stereocenters. The van der Waals surface area contributed by atoms with Gasteiger partial charge in [-0.25, -0.2) is 4.79 Å². The number of benzene rings is 1. The van der Waals surface area contributed by atoms with Gasteiger partial charge in [-0.1, -0.05) is 12.1 Å². The number of hydrogen-bond donors (Lipinski definition) is 2. The number of amides is 2. The first-order valence-electron chi connectivity index (χ1n) is 11.3. The van der Waals surface area contributed by atoms with Gasteiger partial charge in [0.05, 0.1) is 24.7 Å². The standard InChI is InChI=1S/C25H33N3O5/c1-15(2)33-25(31)21-16(3)22(27-17(21)4)24(30)28-11-7-9-19(14-28)23(29)26-13-18-8-6-10-20(12-18)32-5/h6,8,10,12,15,19,27H,7,9,11,13-14H2,1-5H3,(H,26,29). The molecule has 178 valence electrons.